The van der Waals surface area contributed by atoms with Gasteiger partial charge in [0.25, 0.3) is 0 Å². The first kappa shape index (κ1) is 14.1. The summed E-state index contributed by atoms with van der Waals surface area (Å²) in [7, 11) is 3.21. The van der Waals surface area contributed by atoms with E-state index >= 15 is 0 Å². The second-order valence-corrected chi connectivity index (χ2v) is 5.60. The van der Waals surface area contributed by atoms with Crippen molar-refractivity contribution in [2.75, 3.05) is 14.2 Å². The molecule has 0 amide bonds. The number of thiophene rings is 1. The minimum atomic E-state index is -0.127. The molecule has 0 bridgehead atoms. The van der Waals surface area contributed by atoms with E-state index in [9.17, 15) is 0 Å². The fourth-order valence-electron chi connectivity index (χ4n) is 1.86. The van der Waals surface area contributed by atoms with Crippen molar-refractivity contribution in [1.29, 1.82) is 0 Å². The molecule has 0 saturated carbocycles. The monoisotopic (exact) mass is 298 g/mol. The van der Waals surface area contributed by atoms with Crippen LogP contribution >= 0.6 is 22.9 Å². The van der Waals surface area contributed by atoms with E-state index in [1.807, 2.05) is 30.3 Å². The van der Waals surface area contributed by atoms with E-state index < -0.39 is 0 Å². The molecule has 6 heteroatoms. The Hall–Kier alpha value is -1.27. The smallest absolute Gasteiger partial charge is 0.161 e. The van der Waals surface area contributed by atoms with Crippen LogP contribution in [0.4, 0.5) is 0 Å². The van der Waals surface area contributed by atoms with Gasteiger partial charge < -0.3 is 9.47 Å². The van der Waals surface area contributed by atoms with Gasteiger partial charge in [-0.25, -0.2) is 5.43 Å². The molecule has 1 atom stereocenters. The summed E-state index contributed by atoms with van der Waals surface area (Å²) in [6.45, 7) is 0. The average Bonchev–Trinajstić information content (AvgIpc) is 2.86. The van der Waals surface area contributed by atoms with Crippen molar-refractivity contribution in [3.63, 3.8) is 0 Å². The van der Waals surface area contributed by atoms with Crippen LogP contribution in [-0.2, 0) is 0 Å². The summed E-state index contributed by atoms with van der Waals surface area (Å²) in [5.41, 5.74) is 3.78. The molecule has 0 aliphatic heterocycles. The summed E-state index contributed by atoms with van der Waals surface area (Å²) in [4.78, 5) is 1.04. The Bertz CT molecular complexity index is 559. The Morgan fingerprint density at radius 1 is 1.16 bits per heavy atom. The molecule has 1 heterocycles. The SMILES string of the molecule is COc1ccc(C(NN)c2ccc(Cl)s2)cc1OC. The average molecular weight is 299 g/mol. The third-order valence-electron chi connectivity index (χ3n) is 2.79. The lowest BCUT2D eigenvalue weighted by Crippen LogP contribution is -2.28. The van der Waals surface area contributed by atoms with Crippen LogP contribution in [0.2, 0.25) is 4.34 Å². The van der Waals surface area contributed by atoms with E-state index in [1.165, 1.54) is 11.3 Å². The van der Waals surface area contributed by atoms with Gasteiger partial charge in [0.1, 0.15) is 0 Å². The van der Waals surface area contributed by atoms with Crippen LogP contribution in [0.15, 0.2) is 30.3 Å². The van der Waals surface area contributed by atoms with Crippen LogP contribution in [0.25, 0.3) is 0 Å². The predicted octanol–water partition coefficient (Wildman–Crippen LogP) is 2.97. The van der Waals surface area contributed by atoms with Crippen molar-refractivity contribution in [3.8, 4) is 11.5 Å². The maximum Gasteiger partial charge on any atom is 0.161 e. The normalized spacial score (nSPS) is 12.2. The van der Waals surface area contributed by atoms with Gasteiger partial charge in [0, 0.05) is 4.88 Å². The van der Waals surface area contributed by atoms with E-state index in [0.717, 1.165) is 14.8 Å². The maximum atomic E-state index is 5.96. The van der Waals surface area contributed by atoms with Gasteiger partial charge in [-0.15, -0.1) is 11.3 Å². The molecule has 2 aromatic rings. The Morgan fingerprint density at radius 3 is 2.42 bits per heavy atom. The number of hydrazine groups is 1. The minimum Gasteiger partial charge on any atom is -0.493 e. The summed E-state index contributed by atoms with van der Waals surface area (Å²) in [5, 5.41) is 0. The second kappa shape index (κ2) is 6.25. The molecule has 0 aliphatic rings. The van der Waals surface area contributed by atoms with Gasteiger partial charge in [0.15, 0.2) is 11.5 Å². The largest absolute Gasteiger partial charge is 0.493 e. The number of rotatable bonds is 5. The molecule has 1 aromatic carbocycles. The molecule has 102 valence electrons. The van der Waals surface area contributed by atoms with Gasteiger partial charge in [0.05, 0.1) is 24.6 Å². The van der Waals surface area contributed by atoms with Crippen LogP contribution in [0, 0.1) is 0 Å². The third-order valence-corrected chi connectivity index (χ3v) is 4.08. The van der Waals surface area contributed by atoms with Gasteiger partial charge >= 0.3 is 0 Å². The Morgan fingerprint density at radius 2 is 1.89 bits per heavy atom. The molecule has 0 radical (unpaired) electrons. The number of nitrogens with two attached hydrogens (primary N) is 1. The molecular weight excluding hydrogens is 284 g/mol. The van der Waals surface area contributed by atoms with Gasteiger partial charge in [-0.3, -0.25) is 5.84 Å². The Labute approximate surface area is 121 Å². The minimum absolute atomic E-state index is 0.127. The zero-order valence-corrected chi connectivity index (χ0v) is 12.2. The summed E-state index contributed by atoms with van der Waals surface area (Å²) in [6, 6.07) is 9.38. The van der Waals surface area contributed by atoms with Crippen LogP contribution in [0.5, 0.6) is 11.5 Å². The number of hydrogen-bond acceptors (Lipinski definition) is 5. The van der Waals surface area contributed by atoms with Crippen LogP contribution in [0.1, 0.15) is 16.5 Å². The quantitative estimate of drug-likeness (QED) is 0.658. The van der Waals surface area contributed by atoms with Gasteiger partial charge in [-0.2, -0.15) is 0 Å². The number of methoxy groups -OCH3 is 2. The highest BCUT2D eigenvalue weighted by Crippen LogP contribution is 2.35. The molecular formula is C13H15ClN2O2S. The maximum absolute atomic E-state index is 5.96. The van der Waals surface area contributed by atoms with E-state index in [-0.39, 0.29) is 6.04 Å². The third kappa shape index (κ3) is 3.01. The molecule has 1 aromatic heterocycles. The van der Waals surface area contributed by atoms with Crippen molar-refractivity contribution in [3.05, 3.63) is 45.1 Å². The van der Waals surface area contributed by atoms with E-state index in [0.29, 0.717) is 11.5 Å². The fraction of sp³-hybridized carbons (Fsp3) is 0.231. The van der Waals surface area contributed by atoms with Gasteiger partial charge in [0.2, 0.25) is 0 Å². The molecule has 2 rings (SSSR count). The van der Waals surface area contributed by atoms with E-state index in [4.69, 9.17) is 26.9 Å². The summed E-state index contributed by atoms with van der Waals surface area (Å²) in [5.74, 6) is 7.01. The number of halogens is 1. The molecule has 0 aliphatic carbocycles. The van der Waals surface area contributed by atoms with Gasteiger partial charge in [-0.05, 0) is 29.8 Å². The summed E-state index contributed by atoms with van der Waals surface area (Å²) in [6.07, 6.45) is 0. The van der Waals surface area contributed by atoms with Crippen LogP contribution in [0.3, 0.4) is 0 Å². The Balaban J connectivity index is 2.38. The highest BCUT2D eigenvalue weighted by molar-refractivity contribution is 7.16. The first-order valence-corrected chi connectivity index (χ1v) is 6.82. The molecule has 4 nitrogen and oxygen atoms in total. The molecule has 1 unspecified atom stereocenters. The molecule has 3 N–H and O–H groups in total. The lowest BCUT2D eigenvalue weighted by atomic mass is 10.1. The van der Waals surface area contributed by atoms with Crippen molar-refractivity contribution in [2.24, 2.45) is 5.84 Å². The number of hydrogen-bond donors (Lipinski definition) is 2. The molecule has 0 fully saturated rings. The highest BCUT2D eigenvalue weighted by atomic mass is 35.5. The van der Waals surface area contributed by atoms with Crippen LogP contribution < -0.4 is 20.7 Å². The highest BCUT2D eigenvalue weighted by Gasteiger charge is 2.16. The van der Waals surface area contributed by atoms with Gasteiger partial charge in [-0.1, -0.05) is 17.7 Å². The number of benzene rings is 1. The zero-order chi connectivity index (χ0) is 13.8. The van der Waals surface area contributed by atoms with Crippen molar-refractivity contribution in [1.82, 2.24) is 5.43 Å². The molecule has 19 heavy (non-hydrogen) atoms. The Kier molecular flexibility index (Phi) is 4.66. The van der Waals surface area contributed by atoms with Crippen molar-refractivity contribution < 1.29 is 9.47 Å². The topological polar surface area (TPSA) is 56.5 Å². The van der Waals surface area contributed by atoms with Crippen LogP contribution in [-0.4, -0.2) is 14.2 Å². The lowest BCUT2D eigenvalue weighted by molar-refractivity contribution is 0.354. The number of ether oxygens (including phenoxy) is 2. The summed E-state index contributed by atoms with van der Waals surface area (Å²) < 4.78 is 11.2. The fourth-order valence-corrected chi connectivity index (χ4v) is 3.01. The second-order valence-electron chi connectivity index (χ2n) is 3.86. The summed E-state index contributed by atoms with van der Waals surface area (Å²) >= 11 is 7.45. The van der Waals surface area contributed by atoms with Crippen molar-refractivity contribution in [2.45, 2.75) is 6.04 Å². The number of nitrogens with one attached hydrogen (secondary N) is 1. The van der Waals surface area contributed by atoms with E-state index in [2.05, 4.69) is 5.43 Å². The molecule has 0 spiro atoms. The predicted molar refractivity (Wildman–Crippen MR) is 78.0 cm³/mol. The zero-order valence-electron chi connectivity index (χ0n) is 10.6. The molecule has 0 saturated heterocycles. The first-order valence-electron chi connectivity index (χ1n) is 5.63. The van der Waals surface area contributed by atoms with E-state index in [1.54, 1.807) is 14.2 Å². The standard InChI is InChI=1S/C13H15ClN2O2S/c1-17-9-4-3-8(7-10(9)18-2)13(16-15)11-5-6-12(14)19-11/h3-7,13,16H,15H2,1-2H3. The lowest BCUT2D eigenvalue weighted by Gasteiger charge is -2.16. The first-order chi connectivity index (χ1) is 9.19. The van der Waals surface area contributed by atoms with Crippen molar-refractivity contribution >= 4 is 22.9 Å².